The van der Waals surface area contributed by atoms with Gasteiger partial charge < -0.3 is 10.4 Å². The van der Waals surface area contributed by atoms with Crippen LogP contribution in [0.4, 0.5) is 5.69 Å². The normalized spacial score (nSPS) is 20.0. The lowest BCUT2D eigenvalue weighted by atomic mass is 10.1. The van der Waals surface area contributed by atoms with Crippen LogP contribution in [0.15, 0.2) is 40.6 Å². The third kappa shape index (κ3) is 2.04. The highest BCUT2D eigenvalue weighted by molar-refractivity contribution is 6.31. The number of hydrogen-bond donors (Lipinski definition) is 2. The SMILES string of the molecule is O=C1NC([O-])=NC2=NN(c3ccc(-c4cn[nH]n4)cc3)C(=O)C12. The number of fused-ring (bicyclic) bond motifs is 1. The van der Waals surface area contributed by atoms with E-state index >= 15 is 0 Å². The molecule has 10 nitrogen and oxygen atoms in total. The van der Waals surface area contributed by atoms with Gasteiger partial charge in [0.2, 0.25) is 5.91 Å². The molecule has 1 unspecified atom stereocenters. The van der Waals surface area contributed by atoms with Crippen LogP contribution in [0.2, 0.25) is 0 Å². The number of amides is 2. The van der Waals surface area contributed by atoms with Crippen LogP contribution >= 0.6 is 0 Å². The van der Waals surface area contributed by atoms with Gasteiger partial charge in [0.05, 0.1) is 17.9 Å². The first-order valence-corrected chi connectivity index (χ1v) is 6.59. The number of rotatable bonds is 2. The molecule has 1 aromatic carbocycles. The standard InChI is InChI=1S/C13H9N7O3/c21-11-9-10(15-13(23)16-11)18-20(12(9)22)7-3-1-6(2-4-7)8-5-14-19-17-8/h1-5,9H,(H,14,17,19)(H2,15,16,18,21,23)/p-1. The highest BCUT2D eigenvalue weighted by Crippen LogP contribution is 2.27. The van der Waals surface area contributed by atoms with E-state index in [1.165, 1.54) is 0 Å². The molecular weight excluding hydrogens is 302 g/mol. The van der Waals surface area contributed by atoms with Gasteiger partial charge in [0, 0.05) is 5.56 Å². The zero-order valence-corrected chi connectivity index (χ0v) is 11.4. The van der Waals surface area contributed by atoms with Gasteiger partial charge in [-0.1, -0.05) is 12.1 Å². The number of nitrogens with one attached hydrogen (secondary N) is 2. The highest BCUT2D eigenvalue weighted by atomic mass is 16.3. The van der Waals surface area contributed by atoms with Crippen molar-refractivity contribution in [1.29, 1.82) is 0 Å². The minimum atomic E-state index is -1.18. The third-order valence-electron chi connectivity index (χ3n) is 3.45. The summed E-state index contributed by atoms with van der Waals surface area (Å²) < 4.78 is 0. The third-order valence-corrected chi connectivity index (χ3v) is 3.45. The van der Waals surface area contributed by atoms with E-state index in [1.54, 1.807) is 30.5 Å². The first-order valence-electron chi connectivity index (χ1n) is 6.59. The summed E-state index contributed by atoms with van der Waals surface area (Å²) in [5.41, 5.74) is 1.92. The largest absolute Gasteiger partial charge is 0.846 e. The maximum Gasteiger partial charge on any atom is 0.267 e. The van der Waals surface area contributed by atoms with Gasteiger partial charge in [-0.2, -0.15) is 20.4 Å². The topological polar surface area (TPSA) is 139 Å². The summed E-state index contributed by atoms with van der Waals surface area (Å²) in [5, 5.41) is 28.4. The van der Waals surface area contributed by atoms with E-state index < -0.39 is 23.8 Å². The van der Waals surface area contributed by atoms with Gasteiger partial charge in [0.15, 0.2) is 11.8 Å². The highest BCUT2D eigenvalue weighted by Gasteiger charge is 2.43. The minimum Gasteiger partial charge on any atom is -0.846 e. The van der Waals surface area contributed by atoms with Crippen molar-refractivity contribution < 1.29 is 14.7 Å². The summed E-state index contributed by atoms with van der Waals surface area (Å²) in [4.78, 5) is 27.6. The van der Waals surface area contributed by atoms with E-state index in [9.17, 15) is 14.7 Å². The lowest BCUT2D eigenvalue weighted by Gasteiger charge is -2.20. The van der Waals surface area contributed by atoms with Crippen molar-refractivity contribution >= 4 is 29.4 Å². The van der Waals surface area contributed by atoms with Crippen LogP contribution in [0.5, 0.6) is 0 Å². The Morgan fingerprint density at radius 2 is 1.96 bits per heavy atom. The molecule has 0 saturated carbocycles. The van der Waals surface area contributed by atoms with E-state index in [0.29, 0.717) is 11.4 Å². The van der Waals surface area contributed by atoms with Crippen LogP contribution < -0.4 is 15.4 Å². The molecule has 1 atom stereocenters. The Bertz CT molecular complexity index is 854. The number of hydrogen-bond acceptors (Lipinski definition) is 7. The van der Waals surface area contributed by atoms with Gasteiger partial charge in [-0.15, -0.1) is 5.10 Å². The van der Waals surface area contributed by atoms with Gasteiger partial charge in [0.1, 0.15) is 5.69 Å². The van der Waals surface area contributed by atoms with Crippen LogP contribution in [0.1, 0.15) is 0 Å². The van der Waals surface area contributed by atoms with Crippen molar-refractivity contribution in [3.8, 4) is 11.3 Å². The molecule has 10 heteroatoms. The molecule has 2 aromatic rings. The van der Waals surface area contributed by atoms with Crippen molar-refractivity contribution in [2.45, 2.75) is 0 Å². The molecule has 0 aliphatic carbocycles. The molecule has 114 valence electrons. The molecule has 0 spiro atoms. The number of amidine groups is 2. The Morgan fingerprint density at radius 3 is 2.65 bits per heavy atom. The second-order valence-electron chi connectivity index (χ2n) is 4.85. The van der Waals surface area contributed by atoms with Crippen molar-refractivity contribution in [2.24, 2.45) is 16.0 Å². The molecular formula is C13H8N7O3-. The smallest absolute Gasteiger partial charge is 0.267 e. The molecule has 1 aromatic heterocycles. The Morgan fingerprint density at radius 1 is 1.17 bits per heavy atom. The number of hydrazone groups is 1. The maximum absolute atomic E-state index is 12.3. The van der Waals surface area contributed by atoms with Crippen molar-refractivity contribution in [1.82, 2.24) is 20.7 Å². The zero-order valence-electron chi connectivity index (χ0n) is 11.4. The number of H-pyrrole nitrogens is 1. The summed E-state index contributed by atoms with van der Waals surface area (Å²) in [6, 6.07) is 5.98. The number of anilines is 1. The van der Waals surface area contributed by atoms with Crippen LogP contribution in [0.25, 0.3) is 11.3 Å². The van der Waals surface area contributed by atoms with Gasteiger partial charge in [-0.05, 0) is 12.1 Å². The molecule has 4 rings (SSSR count). The number of aromatic amines is 1. The number of nitrogens with zero attached hydrogens (tertiary/aromatic N) is 5. The first kappa shape index (κ1) is 13.1. The van der Waals surface area contributed by atoms with Crippen molar-refractivity contribution in [3.05, 3.63) is 30.5 Å². The monoisotopic (exact) mass is 310 g/mol. The predicted molar refractivity (Wildman–Crippen MR) is 75.8 cm³/mol. The van der Waals surface area contributed by atoms with Gasteiger partial charge in [-0.25, -0.2) is 4.99 Å². The summed E-state index contributed by atoms with van der Waals surface area (Å²) in [7, 11) is 0. The van der Waals surface area contributed by atoms with Gasteiger partial charge in [0.25, 0.3) is 5.91 Å². The lowest BCUT2D eigenvalue weighted by Crippen LogP contribution is -2.51. The van der Waals surface area contributed by atoms with Crippen LogP contribution in [-0.4, -0.2) is 39.1 Å². The number of benzene rings is 1. The number of carbonyl (C=O) groups is 2. The molecule has 2 aliphatic rings. The average molecular weight is 310 g/mol. The van der Waals surface area contributed by atoms with Crippen molar-refractivity contribution in [3.63, 3.8) is 0 Å². The summed E-state index contributed by atoms with van der Waals surface area (Å²) in [5.74, 6) is -2.54. The number of aromatic nitrogens is 3. The lowest BCUT2D eigenvalue weighted by molar-refractivity contribution is -0.221. The van der Waals surface area contributed by atoms with Crippen LogP contribution in [-0.2, 0) is 9.59 Å². The second kappa shape index (κ2) is 4.73. The van der Waals surface area contributed by atoms with E-state index in [2.05, 4.69) is 25.5 Å². The fourth-order valence-corrected chi connectivity index (χ4v) is 2.37. The molecule has 3 heterocycles. The molecule has 0 bridgehead atoms. The fourth-order valence-electron chi connectivity index (χ4n) is 2.37. The maximum atomic E-state index is 12.3. The summed E-state index contributed by atoms with van der Waals surface area (Å²) in [6.07, 6.45) is 1.57. The van der Waals surface area contributed by atoms with Gasteiger partial charge >= 0.3 is 0 Å². The Labute approximate surface area is 128 Å². The van der Waals surface area contributed by atoms with Crippen LogP contribution in [0, 0.1) is 5.92 Å². The quantitative estimate of drug-likeness (QED) is 0.656. The van der Waals surface area contributed by atoms with Crippen molar-refractivity contribution in [2.75, 3.05) is 5.01 Å². The first-order chi connectivity index (χ1) is 11.1. The van der Waals surface area contributed by atoms with Gasteiger partial charge in [-0.3, -0.25) is 9.59 Å². The summed E-state index contributed by atoms with van der Waals surface area (Å²) in [6.45, 7) is 0. The minimum absolute atomic E-state index is 0.0932. The number of aliphatic imine (C=N–C) groups is 1. The Balaban J connectivity index is 1.67. The Kier molecular flexibility index (Phi) is 2.70. The molecule has 23 heavy (non-hydrogen) atoms. The molecule has 0 fully saturated rings. The van der Waals surface area contributed by atoms with E-state index in [4.69, 9.17) is 0 Å². The molecule has 0 radical (unpaired) electrons. The predicted octanol–water partition coefficient (Wildman–Crippen LogP) is -1.41. The van der Waals surface area contributed by atoms with E-state index in [-0.39, 0.29) is 5.84 Å². The summed E-state index contributed by atoms with van der Waals surface area (Å²) >= 11 is 0. The molecule has 2 amide bonds. The fraction of sp³-hybridized carbons (Fsp3) is 0.0769. The molecule has 2 N–H and O–H groups in total. The van der Waals surface area contributed by atoms with Crippen LogP contribution in [0.3, 0.4) is 0 Å². The molecule has 0 saturated heterocycles. The second-order valence-corrected chi connectivity index (χ2v) is 4.85. The van der Waals surface area contributed by atoms with E-state index in [1.807, 2.05) is 5.32 Å². The average Bonchev–Trinajstić information content (AvgIpc) is 3.16. The zero-order chi connectivity index (χ0) is 16.0. The van der Waals surface area contributed by atoms with E-state index in [0.717, 1.165) is 10.6 Å². The Hall–Kier alpha value is -3.56. The number of carbonyl (C=O) groups excluding carboxylic acids is 2. The molecule has 2 aliphatic heterocycles.